The van der Waals surface area contributed by atoms with Crippen molar-refractivity contribution in [2.75, 3.05) is 11.8 Å². The summed E-state index contributed by atoms with van der Waals surface area (Å²) >= 11 is 6.01. The van der Waals surface area contributed by atoms with Crippen LogP contribution in [0.25, 0.3) is 11.1 Å². The molecule has 0 aliphatic carbocycles. The van der Waals surface area contributed by atoms with E-state index < -0.39 is 21.7 Å². The van der Waals surface area contributed by atoms with Gasteiger partial charge in [0.05, 0.1) is 28.2 Å². The van der Waals surface area contributed by atoms with Crippen LogP contribution in [0.3, 0.4) is 0 Å². The highest BCUT2D eigenvalue weighted by Crippen LogP contribution is 2.32. The van der Waals surface area contributed by atoms with E-state index in [-0.39, 0.29) is 32.5 Å². The number of oxazole rings is 1. The molecule has 0 saturated carbocycles. The van der Waals surface area contributed by atoms with Gasteiger partial charge in [-0.2, -0.15) is 0 Å². The van der Waals surface area contributed by atoms with Gasteiger partial charge in [-0.15, -0.1) is 0 Å². The zero-order valence-electron chi connectivity index (χ0n) is 14.0. The Morgan fingerprint density at radius 1 is 1.30 bits per heavy atom. The highest BCUT2D eigenvalue weighted by atomic mass is 35.5. The van der Waals surface area contributed by atoms with Gasteiger partial charge in [0.2, 0.25) is 0 Å². The molecule has 1 aromatic heterocycles. The molecule has 0 radical (unpaired) electrons. The SMILES string of the molecule is COc1cc(NS(=O)(=O)c2ccc3c(c2)oc(=O)n3C)c(Cl)cc1C(=O)O. The summed E-state index contributed by atoms with van der Waals surface area (Å²) in [6.07, 6.45) is 0. The first-order valence-electron chi connectivity index (χ1n) is 7.37. The number of hydrogen-bond donors (Lipinski definition) is 2. The van der Waals surface area contributed by atoms with Crippen LogP contribution in [-0.4, -0.2) is 31.2 Å². The third-order valence-corrected chi connectivity index (χ3v) is 5.51. The molecule has 3 rings (SSSR count). The standard InChI is InChI=1S/C16H13ClN2O7S/c1-19-12-4-3-8(5-14(12)26-16(19)22)27(23,24)18-11-7-13(25-2)9(15(20)21)6-10(11)17/h3-7,18H,1-2H3,(H,20,21). The monoisotopic (exact) mass is 412 g/mol. The van der Waals surface area contributed by atoms with Crippen LogP contribution in [0, 0.1) is 0 Å². The molecule has 27 heavy (non-hydrogen) atoms. The van der Waals surface area contributed by atoms with Gasteiger partial charge in [-0.05, 0) is 18.2 Å². The number of ether oxygens (including phenoxy) is 1. The van der Waals surface area contributed by atoms with Crippen LogP contribution < -0.4 is 15.2 Å². The second-order valence-electron chi connectivity index (χ2n) is 5.50. The fourth-order valence-corrected chi connectivity index (χ4v) is 3.81. The van der Waals surface area contributed by atoms with Crippen molar-refractivity contribution in [2.45, 2.75) is 4.90 Å². The third-order valence-electron chi connectivity index (χ3n) is 3.84. The summed E-state index contributed by atoms with van der Waals surface area (Å²) in [6.45, 7) is 0. The van der Waals surface area contributed by atoms with Crippen molar-refractivity contribution in [2.24, 2.45) is 7.05 Å². The molecule has 0 aliphatic rings. The van der Waals surface area contributed by atoms with Crippen LogP contribution in [0.5, 0.6) is 5.75 Å². The lowest BCUT2D eigenvalue weighted by molar-refractivity contribution is 0.0693. The number of aromatic carboxylic acids is 1. The van der Waals surface area contributed by atoms with Crippen molar-refractivity contribution in [1.29, 1.82) is 0 Å². The first-order chi connectivity index (χ1) is 12.6. The van der Waals surface area contributed by atoms with Crippen LogP contribution >= 0.6 is 11.6 Å². The average molecular weight is 413 g/mol. The van der Waals surface area contributed by atoms with Crippen molar-refractivity contribution < 1.29 is 27.5 Å². The number of halogens is 1. The Labute approximate surface area is 157 Å². The predicted molar refractivity (Wildman–Crippen MR) is 97.2 cm³/mol. The largest absolute Gasteiger partial charge is 0.496 e. The lowest BCUT2D eigenvalue weighted by Crippen LogP contribution is -2.14. The number of nitrogens with zero attached hydrogens (tertiary/aromatic N) is 1. The molecule has 0 amide bonds. The van der Waals surface area contributed by atoms with Crippen molar-refractivity contribution in [1.82, 2.24) is 4.57 Å². The van der Waals surface area contributed by atoms with Crippen molar-refractivity contribution in [3.8, 4) is 5.75 Å². The number of sulfonamides is 1. The minimum atomic E-state index is -4.10. The molecule has 0 atom stereocenters. The number of hydrogen-bond acceptors (Lipinski definition) is 6. The Kier molecular flexibility index (Phi) is 4.62. The molecule has 142 valence electrons. The van der Waals surface area contributed by atoms with Gasteiger partial charge >= 0.3 is 11.7 Å². The minimum Gasteiger partial charge on any atom is -0.496 e. The average Bonchev–Trinajstić information content (AvgIpc) is 2.89. The van der Waals surface area contributed by atoms with E-state index in [1.165, 1.54) is 43.0 Å². The maximum atomic E-state index is 12.7. The fraction of sp³-hybridized carbons (Fsp3) is 0.125. The second-order valence-corrected chi connectivity index (χ2v) is 7.59. The van der Waals surface area contributed by atoms with Crippen LogP contribution in [0.15, 0.2) is 44.4 Å². The predicted octanol–water partition coefficient (Wildman–Crippen LogP) is 2.29. The quantitative estimate of drug-likeness (QED) is 0.657. The number of aryl methyl sites for hydroxylation is 1. The Balaban J connectivity index is 2.04. The highest BCUT2D eigenvalue weighted by molar-refractivity contribution is 7.92. The number of carboxylic acid groups (broad SMARTS) is 1. The molecular weight excluding hydrogens is 400 g/mol. The molecule has 0 aliphatic heterocycles. The first kappa shape index (κ1) is 18.8. The van der Waals surface area contributed by atoms with E-state index in [0.717, 1.165) is 6.07 Å². The van der Waals surface area contributed by atoms with Crippen molar-refractivity contribution in [3.05, 3.63) is 51.5 Å². The molecule has 9 nitrogen and oxygen atoms in total. The molecule has 1 heterocycles. The molecular formula is C16H13ClN2O7S. The van der Waals surface area contributed by atoms with Crippen LogP contribution in [0.1, 0.15) is 10.4 Å². The van der Waals surface area contributed by atoms with E-state index in [4.69, 9.17) is 25.9 Å². The van der Waals surface area contributed by atoms with Gasteiger partial charge < -0.3 is 14.3 Å². The zero-order valence-corrected chi connectivity index (χ0v) is 15.6. The Bertz CT molecular complexity index is 1230. The fourth-order valence-electron chi connectivity index (χ4n) is 2.45. The van der Waals surface area contributed by atoms with E-state index in [2.05, 4.69) is 4.72 Å². The van der Waals surface area contributed by atoms with E-state index in [0.29, 0.717) is 5.52 Å². The van der Waals surface area contributed by atoms with Crippen molar-refractivity contribution in [3.63, 3.8) is 0 Å². The summed E-state index contributed by atoms with van der Waals surface area (Å²) in [6, 6.07) is 6.20. The molecule has 3 aromatic rings. The molecule has 0 spiro atoms. The second kappa shape index (κ2) is 6.63. The molecule has 0 fully saturated rings. The topological polar surface area (TPSA) is 128 Å². The maximum absolute atomic E-state index is 12.7. The number of methoxy groups -OCH3 is 1. The zero-order chi connectivity index (χ0) is 19.9. The number of carboxylic acids is 1. The number of anilines is 1. The molecule has 2 N–H and O–H groups in total. The van der Waals surface area contributed by atoms with E-state index in [1.807, 2.05) is 0 Å². The molecule has 2 aromatic carbocycles. The highest BCUT2D eigenvalue weighted by Gasteiger charge is 2.21. The lowest BCUT2D eigenvalue weighted by Gasteiger charge is -2.13. The van der Waals surface area contributed by atoms with Gasteiger partial charge in [0.25, 0.3) is 10.0 Å². The summed E-state index contributed by atoms with van der Waals surface area (Å²) in [4.78, 5) is 22.6. The number of carbonyl (C=O) groups is 1. The Hall–Kier alpha value is -2.98. The minimum absolute atomic E-state index is 0.0610. The van der Waals surface area contributed by atoms with Gasteiger partial charge in [-0.1, -0.05) is 11.6 Å². The molecule has 0 unspecified atom stereocenters. The molecule has 0 saturated heterocycles. The lowest BCUT2D eigenvalue weighted by atomic mass is 10.2. The van der Waals surface area contributed by atoms with Crippen LogP contribution in [0.2, 0.25) is 5.02 Å². The van der Waals surface area contributed by atoms with Gasteiger partial charge in [0.1, 0.15) is 11.3 Å². The summed E-state index contributed by atoms with van der Waals surface area (Å²) in [7, 11) is -1.35. The third kappa shape index (κ3) is 3.36. The van der Waals surface area contributed by atoms with Gasteiger partial charge in [-0.25, -0.2) is 18.0 Å². The van der Waals surface area contributed by atoms with E-state index >= 15 is 0 Å². The van der Waals surface area contributed by atoms with E-state index in [1.54, 1.807) is 0 Å². The first-order valence-corrected chi connectivity index (χ1v) is 9.23. The van der Waals surface area contributed by atoms with Crippen LogP contribution in [0.4, 0.5) is 5.69 Å². The normalized spacial score (nSPS) is 11.5. The smallest absolute Gasteiger partial charge is 0.419 e. The van der Waals surface area contributed by atoms with Gasteiger partial charge in [0, 0.05) is 19.2 Å². The number of fused-ring (bicyclic) bond motifs is 1. The number of rotatable bonds is 5. The van der Waals surface area contributed by atoms with Gasteiger partial charge in [-0.3, -0.25) is 9.29 Å². The van der Waals surface area contributed by atoms with Crippen molar-refractivity contribution >= 4 is 44.4 Å². The van der Waals surface area contributed by atoms with Gasteiger partial charge in [0.15, 0.2) is 5.58 Å². The summed E-state index contributed by atoms with van der Waals surface area (Å²) in [5.41, 5.74) is 0.269. The Morgan fingerprint density at radius 3 is 2.63 bits per heavy atom. The van der Waals surface area contributed by atoms with Crippen LogP contribution in [-0.2, 0) is 17.1 Å². The number of nitrogens with one attached hydrogen (secondary N) is 1. The molecule has 0 bridgehead atoms. The Morgan fingerprint density at radius 2 is 2.00 bits per heavy atom. The number of benzene rings is 2. The summed E-state index contributed by atoms with van der Waals surface area (Å²) in [5, 5.41) is 9.01. The van der Waals surface area contributed by atoms with E-state index in [9.17, 15) is 18.0 Å². The number of aromatic nitrogens is 1. The summed E-state index contributed by atoms with van der Waals surface area (Å²) in [5.74, 6) is -1.95. The maximum Gasteiger partial charge on any atom is 0.419 e. The summed E-state index contributed by atoms with van der Waals surface area (Å²) < 4.78 is 38.8. The molecule has 11 heteroatoms.